The van der Waals surface area contributed by atoms with E-state index in [-0.39, 0.29) is 17.9 Å². The van der Waals surface area contributed by atoms with Crippen LogP contribution >= 0.6 is 11.8 Å². The van der Waals surface area contributed by atoms with Gasteiger partial charge in [0, 0.05) is 25.2 Å². The smallest absolute Gasteiger partial charge is 0.253 e. The summed E-state index contributed by atoms with van der Waals surface area (Å²) in [6.07, 6.45) is 1.14. The zero-order chi connectivity index (χ0) is 18.1. The van der Waals surface area contributed by atoms with Crippen molar-refractivity contribution in [3.05, 3.63) is 35.4 Å². The third-order valence-electron chi connectivity index (χ3n) is 3.86. The molecule has 0 fully saturated rings. The van der Waals surface area contributed by atoms with Gasteiger partial charge in [0.15, 0.2) is 0 Å². The maximum Gasteiger partial charge on any atom is 0.253 e. The van der Waals surface area contributed by atoms with E-state index < -0.39 is 0 Å². The molecule has 0 bridgehead atoms. The number of carbonyl (C=O) groups is 2. The molecule has 0 aliphatic heterocycles. The molecular formula is C19H30N2O2S. The summed E-state index contributed by atoms with van der Waals surface area (Å²) in [4.78, 5) is 25.7. The van der Waals surface area contributed by atoms with Crippen LogP contribution in [0.15, 0.2) is 24.3 Å². The number of amides is 2. The highest BCUT2D eigenvalue weighted by Gasteiger charge is 2.13. The quantitative estimate of drug-likeness (QED) is 0.693. The minimum Gasteiger partial charge on any atom is -0.351 e. The molecule has 2 amide bonds. The Labute approximate surface area is 150 Å². The van der Waals surface area contributed by atoms with E-state index >= 15 is 0 Å². The molecule has 1 N–H and O–H groups in total. The number of hydrogen-bond acceptors (Lipinski definition) is 3. The standard InChI is InChI=1S/C19H30N2O2S/c1-14(2)10-11-24-13-18(22)20-12-16-6-8-17(9-7-16)19(23)21(5)15(3)4/h6-9,14-15H,10-13H2,1-5H3,(H,20,22). The Balaban J connectivity index is 2.39. The first-order valence-corrected chi connectivity index (χ1v) is 9.67. The molecule has 0 aromatic heterocycles. The van der Waals surface area contributed by atoms with Gasteiger partial charge >= 0.3 is 0 Å². The van der Waals surface area contributed by atoms with Gasteiger partial charge in [-0.2, -0.15) is 11.8 Å². The second-order valence-corrected chi connectivity index (χ2v) is 7.82. The van der Waals surface area contributed by atoms with Crippen molar-refractivity contribution in [2.24, 2.45) is 5.92 Å². The molecule has 0 radical (unpaired) electrons. The van der Waals surface area contributed by atoms with E-state index in [0.29, 0.717) is 23.8 Å². The lowest BCUT2D eigenvalue weighted by molar-refractivity contribution is -0.118. The third-order valence-corrected chi connectivity index (χ3v) is 4.85. The fourth-order valence-electron chi connectivity index (χ4n) is 1.94. The number of nitrogens with one attached hydrogen (secondary N) is 1. The molecule has 0 aliphatic carbocycles. The number of benzene rings is 1. The summed E-state index contributed by atoms with van der Waals surface area (Å²) in [6.45, 7) is 8.85. The SMILES string of the molecule is CC(C)CCSCC(=O)NCc1ccc(C(=O)N(C)C(C)C)cc1. The zero-order valence-corrected chi connectivity index (χ0v) is 16.3. The first-order valence-electron chi connectivity index (χ1n) is 8.51. The van der Waals surface area contributed by atoms with Crippen LogP contribution < -0.4 is 5.32 Å². The van der Waals surface area contributed by atoms with Gasteiger partial charge in [0.25, 0.3) is 5.91 Å². The molecule has 0 aliphatic rings. The number of rotatable bonds is 9. The summed E-state index contributed by atoms with van der Waals surface area (Å²) in [6, 6.07) is 7.60. The monoisotopic (exact) mass is 350 g/mol. The first kappa shape index (κ1) is 20.6. The molecule has 1 aromatic carbocycles. The van der Waals surface area contributed by atoms with E-state index in [4.69, 9.17) is 0 Å². The maximum atomic E-state index is 12.2. The van der Waals surface area contributed by atoms with Crippen molar-refractivity contribution >= 4 is 23.6 Å². The van der Waals surface area contributed by atoms with Crippen molar-refractivity contribution in [1.82, 2.24) is 10.2 Å². The van der Waals surface area contributed by atoms with E-state index in [2.05, 4.69) is 19.2 Å². The normalized spacial score (nSPS) is 11.0. The molecule has 0 spiro atoms. The van der Waals surface area contributed by atoms with Crippen molar-refractivity contribution in [3.63, 3.8) is 0 Å². The Morgan fingerprint density at radius 1 is 1.12 bits per heavy atom. The van der Waals surface area contributed by atoms with Gasteiger partial charge in [-0.3, -0.25) is 9.59 Å². The van der Waals surface area contributed by atoms with Crippen LogP contribution in [0.4, 0.5) is 0 Å². The van der Waals surface area contributed by atoms with E-state index in [0.717, 1.165) is 17.7 Å². The third kappa shape index (κ3) is 7.39. The van der Waals surface area contributed by atoms with Gasteiger partial charge in [-0.25, -0.2) is 0 Å². The summed E-state index contributed by atoms with van der Waals surface area (Å²) in [5, 5.41) is 2.92. The molecule has 1 aromatic rings. The fraction of sp³-hybridized carbons (Fsp3) is 0.579. The van der Waals surface area contributed by atoms with Crippen molar-refractivity contribution in [1.29, 1.82) is 0 Å². The van der Waals surface area contributed by atoms with Crippen molar-refractivity contribution < 1.29 is 9.59 Å². The van der Waals surface area contributed by atoms with Gasteiger partial charge in [-0.05, 0) is 49.6 Å². The minimum atomic E-state index is 0.0159. The molecule has 0 atom stereocenters. The van der Waals surface area contributed by atoms with E-state index in [1.54, 1.807) is 23.7 Å². The van der Waals surface area contributed by atoms with Crippen molar-refractivity contribution in [2.75, 3.05) is 18.6 Å². The Morgan fingerprint density at radius 3 is 2.29 bits per heavy atom. The average Bonchev–Trinajstić information content (AvgIpc) is 2.55. The molecule has 0 unspecified atom stereocenters. The van der Waals surface area contributed by atoms with Crippen LogP contribution in [0, 0.1) is 5.92 Å². The fourth-order valence-corrected chi connectivity index (χ4v) is 3.01. The Bertz CT molecular complexity index is 527. The summed E-state index contributed by atoms with van der Waals surface area (Å²) in [7, 11) is 1.80. The van der Waals surface area contributed by atoms with Crippen LogP contribution in [0.1, 0.15) is 50.0 Å². The van der Waals surface area contributed by atoms with Gasteiger partial charge in [0.1, 0.15) is 0 Å². The number of hydrogen-bond donors (Lipinski definition) is 1. The topological polar surface area (TPSA) is 49.4 Å². The van der Waals surface area contributed by atoms with Gasteiger partial charge < -0.3 is 10.2 Å². The molecule has 1 rings (SSSR count). The van der Waals surface area contributed by atoms with Crippen LogP contribution in [0.25, 0.3) is 0 Å². The molecule has 0 saturated carbocycles. The van der Waals surface area contributed by atoms with Crippen LogP contribution in [-0.2, 0) is 11.3 Å². The second kappa shape index (κ2) is 10.4. The highest BCUT2D eigenvalue weighted by molar-refractivity contribution is 7.99. The summed E-state index contributed by atoms with van der Waals surface area (Å²) in [5.41, 5.74) is 1.67. The largest absolute Gasteiger partial charge is 0.351 e. The molecule has 0 heterocycles. The molecule has 5 heteroatoms. The van der Waals surface area contributed by atoms with Crippen LogP contribution in [0.3, 0.4) is 0 Å². The van der Waals surface area contributed by atoms with Crippen molar-refractivity contribution in [3.8, 4) is 0 Å². The minimum absolute atomic E-state index is 0.0159. The predicted molar refractivity (Wildman–Crippen MR) is 102 cm³/mol. The maximum absolute atomic E-state index is 12.2. The first-order chi connectivity index (χ1) is 11.3. The lowest BCUT2D eigenvalue weighted by atomic mass is 10.1. The highest BCUT2D eigenvalue weighted by atomic mass is 32.2. The number of nitrogens with zero attached hydrogens (tertiary/aromatic N) is 1. The van der Waals surface area contributed by atoms with Gasteiger partial charge in [-0.1, -0.05) is 26.0 Å². The summed E-state index contributed by atoms with van der Waals surface area (Å²) >= 11 is 1.67. The zero-order valence-electron chi connectivity index (χ0n) is 15.5. The molecule has 4 nitrogen and oxygen atoms in total. The Morgan fingerprint density at radius 2 is 1.75 bits per heavy atom. The van der Waals surface area contributed by atoms with Gasteiger partial charge in [0.2, 0.25) is 5.91 Å². The van der Waals surface area contributed by atoms with Crippen LogP contribution in [0.2, 0.25) is 0 Å². The van der Waals surface area contributed by atoms with E-state index in [1.165, 1.54) is 0 Å². The molecule has 134 valence electrons. The van der Waals surface area contributed by atoms with Crippen LogP contribution in [-0.4, -0.2) is 41.3 Å². The summed E-state index contributed by atoms with van der Waals surface area (Å²) in [5.74, 6) is 2.27. The Hall–Kier alpha value is -1.49. The van der Waals surface area contributed by atoms with Gasteiger partial charge in [0.05, 0.1) is 5.75 Å². The van der Waals surface area contributed by atoms with Crippen LogP contribution in [0.5, 0.6) is 0 Å². The lowest BCUT2D eigenvalue weighted by Crippen LogP contribution is -2.32. The molecular weight excluding hydrogens is 320 g/mol. The highest BCUT2D eigenvalue weighted by Crippen LogP contribution is 2.10. The lowest BCUT2D eigenvalue weighted by Gasteiger charge is -2.21. The van der Waals surface area contributed by atoms with E-state index in [9.17, 15) is 9.59 Å². The summed E-state index contributed by atoms with van der Waals surface area (Å²) < 4.78 is 0. The molecule has 0 saturated heterocycles. The second-order valence-electron chi connectivity index (χ2n) is 6.72. The molecule has 24 heavy (non-hydrogen) atoms. The average molecular weight is 351 g/mol. The number of thioether (sulfide) groups is 1. The predicted octanol–water partition coefficient (Wildman–Crippen LogP) is 3.56. The number of carbonyl (C=O) groups excluding carboxylic acids is 2. The van der Waals surface area contributed by atoms with Gasteiger partial charge in [-0.15, -0.1) is 0 Å². The van der Waals surface area contributed by atoms with E-state index in [1.807, 2.05) is 38.1 Å². The Kier molecular flexibility index (Phi) is 8.90. The van der Waals surface area contributed by atoms with Crippen molar-refractivity contribution in [2.45, 2.75) is 46.7 Å².